The van der Waals surface area contributed by atoms with E-state index in [1.807, 2.05) is 19.9 Å². The first-order chi connectivity index (χ1) is 15.3. The third kappa shape index (κ3) is 7.69. The van der Waals surface area contributed by atoms with Crippen LogP contribution in [0.2, 0.25) is 5.02 Å². The molecule has 1 saturated heterocycles. The van der Waals surface area contributed by atoms with Crippen LogP contribution in [0.15, 0.2) is 23.4 Å². The molecule has 1 aromatic carbocycles. The minimum Gasteiger partial charge on any atom is -0.496 e. The SMILES string of the molecule is COc1cc(N)c(Cl)cc1C(=O)NC1CCN(CCSc2nc(C)cc(C)n2)CC1OC.O.O. The van der Waals surface area contributed by atoms with E-state index in [1.165, 1.54) is 13.2 Å². The molecular formula is C22H34ClN5O5S. The van der Waals surface area contributed by atoms with E-state index >= 15 is 0 Å². The number of methoxy groups -OCH3 is 2. The van der Waals surface area contributed by atoms with Gasteiger partial charge in [0.2, 0.25) is 0 Å². The third-order valence-corrected chi connectivity index (χ3v) is 6.58. The lowest BCUT2D eigenvalue weighted by Gasteiger charge is -2.38. The molecule has 0 bridgehead atoms. The number of anilines is 1. The maximum atomic E-state index is 12.9. The van der Waals surface area contributed by atoms with Crippen LogP contribution in [0.25, 0.3) is 0 Å². The van der Waals surface area contributed by atoms with Crippen molar-refractivity contribution in [2.75, 3.05) is 45.3 Å². The molecule has 0 saturated carbocycles. The zero-order valence-electron chi connectivity index (χ0n) is 19.9. The topological polar surface area (TPSA) is 166 Å². The lowest BCUT2D eigenvalue weighted by Crippen LogP contribution is -2.55. The average Bonchev–Trinajstić information content (AvgIpc) is 2.75. The van der Waals surface area contributed by atoms with E-state index < -0.39 is 0 Å². The van der Waals surface area contributed by atoms with Crippen LogP contribution in [-0.4, -0.2) is 83.5 Å². The van der Waals surface area contributed by atoms with Gasteiger partial charge in [-0.05, 0) is 32.4 Å². The molecule has 2 unspecified atom stereocenters. The molecule has 2 aromatic rings. The van der Waals surface area contributed by atoms with Crippen molar-refractivity contribution in [3.8, 4) is 5.75 Å². The molecule has 12 heteroatoms. The predicted molar refractivity (Wildman–Crippen MR) is 135 cm³/mol. The molecule has 34 heavy (non-hydrogen) atoms. The average molecular weight is 516 g/mol. The number of amides is 1. The molecule has 10 nitrogen and oxygen atoms in total. The number of thioether (sulfide) groups is 1. The molecule has 1 aromatic heterocycles. The molecule has 0 aliphatic carbocycles. The van der Waals surface area contributed by atoms with Crippen LogP contribution in [0.5, 0.6) is 5.75 Å². The molecule has 1 amide bonds. The van der Waals surface area contributed by atoms with E-state index in [2.05, 4.69) is 20.2 Å². The Morgan fingerprint density at radius 1 is 1.24 bits per heavy atom. The standard InChI is InChI=1S/C22H30ClN5O3S.2H2O/c1-13-9-14(2)26-22(25-13)32-8-7-28-6-5-18(20(12-28)31-4)27-21(29)15-10-16(23)17(24)11-19(15)30-3;;/h9-11,18,20H,5-8,12,24H2,1-4H3,(H,27,29);2*1H2. The van der Waals surface area contributed by atoms with Crippen LogP contribution in [0.4, 0.5) is 5.69 Å². The van der Waals surface area contributed by atoms with Crippen LogP contribution < -0.4 is 15.8 Å². The van der Waals surface area contributed by atoms with Gasteiger partial charge < -0.3 is 31.5 Å². The molecule has 190 valence electrons. The van der Waals surface area contributed by atoms with Crippen LogP contribution in [-0.2, 0) is 4.74 Å². The number of halogens is 1. The Morgan fingerprint density at radius 2 is 1.91 bits per heavy atom. The van der Waals surface area contributed by atoms with E-state index in [0.29, 0.717) is 22.0 Å². The van der Waals surface area contributed by atoms with Gasteiger partial charge in [-0.3, -0.25) is 9.69 Å². The van der Waals surface area contributed by atoms with Crippen LogP contribution in [0.1, 0.15) is 28.2 Å². The Balaban J connectivity index is 0.00000289. The number of carbonyl (C=O) groups is 1. The highest BCUT2D eigenvalue weighted by Gasteiger charge is 2.31. The van der Waals surface area contributed by atoms with Gasteiger partial charge >= 0.3 is 0 Å². The summed E-state index contributed by atoms with van der Waals surface area (Å²) < 4.78 is 11.0. The number of nitrogens with two attached hydrogens (primary N) is 1. The number of benzene rings is 1. The quantitative estimate of drug-likeness (QED) is 0.301. The van der Waals surface area contributed by atoms with Crippen molar-refractivity contribution in [1.29, 1.82) is 0 Å². The molecular weight excluding hydrogens is 482 g/mol. The fraction of sp³-hybridized carbons (Fsp3) is 0.500. The van der Waals surface area contributed by atoms with Gasteiger partial charge in [-0.25, -0.2) is 9.97 Å². The zero-order valence-corrected chi connectivity index (χ0v) is 21.4. The summed E-state index contributed by atoms with van der Waals surface area (Å²) in [6, 6.07) is 4.96. The number of likely N-dealkylation sites (tertiary alicyclic amines) is 1. The molecule has 0 spiro atoms. The van der Waals surface area contributed by atoms with Crippen LogP contribution in [0, 0.1) is 13.8 Å². The summed E-state index contributed by atoms with van der Waals surface area (Å²) in [6.07, 6.45) is 0.658. The first kappa shape index (κ1) is 29.9. The molecule has 2 heterocycles. The van der Waals surface area contributed by atoms with Gasteiger partial charge in [-0.15, -0.1) is 0 Å². The third-order valence-electron chi connectivity index (χ3n) is 5.43. The maximum absolute atomic E-state index is 12.9. The highest BCUT2D eigenvalue weighted by Crippen LogP contribution is 2.29. The van der Waals surface area contributed by atoms with Crippen molar-refractivity contribution in [2.45, 2.75) is 37.6 Å². The number of hydrogen-bond acceptors (Lipinski definition) is 8. The number of nitrogen functional groups attached to an aromatic ring is 1. The number of aryl methyl sites for hydroxylation is 2. The number of rotatable bonds is 8. The minimum atomic E-state index is -0.258. The Kier molecular flexibility index (Phi) is 12.0. The van der Waals surface area contributed by atoms with E-state index in [4.69, 9.17) is 26.8 Å². The summed E-state index contributed by atoms with van der Waals surface area (Å²) in [4.78, 5) is 24.2. The smallest absolute Gasteiger partial charge is 0.255 e. The minimum absolute atomic E-state index is 0. The van der Waals surface area contributed by atoms with Crippen molar-refractivity contribution in [3.63, 3.8) is 0 Å². The van der Waals surface area contributed by atoms with E-state index in [9.17, 15) is 4.79 Å². The zero-order chi connectivity index (χ0) is 23.3. The van der Waals surface area contributed by atoms with Gasteiger partial charge in [-0.1, -0.05) is 23.4 Å². The fourth-order valence-corrected chi connectivity index (χ4v) is 4.89. The van der Waals surface area contributed by atoms with Crippen molar-refractivity contribution < 1.29 is 25.2 Å². The number of aromatic nitrogens is 2. The van der Waals surface area contributed by atoms with Gasteiger partial charge in [0.05, 0.1) is 35.5 Å². The Bertz CT molecular complexity index is 947. The Hall–Kier alpha value is -2.15. The second-order valence-electron chi connectivity index (χ2n) is 7.80. The summed E-state index contributed by atoms with van der Waals surface area (Å²) in [6.45, 7) is 6.45. The van der Waals surface area contributed by atoms with E-state index in [-0.39, 0.29) is 29.0 Å². The number of piperidine rings is 1. The van der Waals surface area contributed by atoms with Gasteiger partial charge in [0, 0.05) is 50.0 Å². The van der Waals surface area contributed by atoms with Crippen LogP contribution in [0.3, 0.4) is 0 Å². The summed E-state index contributed by atoms with van der Waals surface area (Å²) >= 11 is 7.77. The molecule has 2 atom stereocenters. The first-order valence-electron chi connectivity index (χ1n) is 10.4. The number of nitrogens with one attached hydrogen (secondary N) is 1. The summed E-state index contributed by atoms with van der Waals surface area (Å²) in [7, 11) is 3.17. The van der Waals surface area contributed by atoms with Crippen molar-refractivity contribution in [1.82, 2.24) is 20.2 Å². The van der Waals surface area contributed by atoms with Gasteiger partial charge in [0.1, 0.15) is 5.75 Å². The molecule has 0 radical (unpaired) electrons. The normalized spacial score (nSPS) is 17.9. The number of carbonyl (C=O) groups excluding carboxylic acids is 1. The van der Waals surface area contributed by atoms with Gasteiger partial charge in [0.25, 0.3) is 5.91 Å². The lowest BCUT2D eigenvalue weighted by molar-refractivity contribution is 0.00833. The predicted octanol–water partition coefficient (Wildman–Crippen LogP) is 1.30. The monoisotopic (exact) mass is 515 g/mol. The highest BCUT2D eigenvalue weighted by molar-refractivity contribution is 7.99. The van der Waals surface area contributed by atoms with Crippen molar-refractivity contribution in [2.24, 2.45) is 0 Å². The summed E-state index contributed by atoms with van der Waals surface area (Å²) in [5.74, 6) is 1.02. The lowest BCUT2D eigenvalue weighted by atomic mass is 10.0. The Morgan fingerprint density at radius 3 is 2.53 bits per heavy atom. The molecule has 3 rings (SSSR count). The molecule has 1 aliphatic heterocycles. The number of ether oxygens (including phenoxy) is 2. The van der Waals surface area contributed by atoms with Gasteiger partial charge in [0.15, 0.2) is 5.16 Å². The fourth-order valence-electron chi connectivity index (χ4n) is 3.77. The largest absolute Gasteiger partial charge is 0.496 e. The van der Waals surface area contributed by atoms with Crippen LogP contribution >= 0.6 is 23.4 Å². The van der Waals surface area contributed by atoms with E-state index in [1.54, 1.807) is 24.9 Å². The second kappa shape index (κ2) is 13.7. The maximum Gasteiger partial charge on any atom is 0.255 e. The number of hydrogen-bond donors (Lipinski definition) is 2. The molecule has 1 fully saturated rings. The van der Waals surface area contributed by atoms with Crippen molar-refractivity contribution >= 4 is 35.0 Å². The highest BCUT2D eigenvalue weighted by atomic mass is 35.5. The van der Waals surface area contributed by atoms with Gasteiger partial charge in [-0.2, -0.15) is 0 Å². The summed E-state index contributed by atoms with van der Waals surface area (Å²) in [5.41, 5.74) is 8.51. The Labute approximate surface area is 209 Å². The van der Waals surface area contributed by atoms with Crippen molar-refractivity contribution in [3.05, 3.63) is 40.2 Å². The van der Waals surface area contributed by atoms with E-state index in [0.717, 1.165) is 48.4 Å². The first-order valence-corrected chi connectivity index (χ1v) is 11.8. The molecule has 1 aliphatic rings. The second-order valence-corrected chi connectivity index (χ2v) is 9.27. The number of nitrogens with zero attached hydrogens (tertiary/aromatic N) is 3. The summed E-state index contributed by atoms with van der Waals surface area (Å²) in [5, 5.41) is 4.21. The molecule has 7 N–H and O–H groups in total.